The van der Waals surface area contributed by atoms with Gasteiger partial charge in [0.05, 0.1) is 5.02 Å². The van der Waals surface area contributed by atoms with Crippen molar-refractivity contribution in [1.29, 1.82) is 0 Å². The lowest BCUT2D eigenvalue weighted by Crippen LogP contribution is -2.30. The van der Waals surface area contributed by atoms with Crippen LogP contribution >= 0.6 is 11.6 Å². The monoisotopic (exact) mass is 372 g/mol. The quantitative estimate of drug-likeness (QED) is 0.673. The highest BCUT2D eigenvalue weighted by atomic mass is 35.5. The first-order valence-electron chi connectivity index (χ1n) is 8.06. The van der Waals surface area contributed by atoms with Gasteiger partial charge in [-0.25, -0.2) is 4.79 Å². The second-order valence-corrected chi connectivity index (χ2v) is 6.14. The molecule has 0 bridgehead atoms. The zero-order valence-corrected chi connectivity index (χ0v) is 14.9. The molecule has 1 amide bonds. The van der Waals surface area contributed by atoms with E-state index in [0.29, 0.717) is 23.6 Å². The number of carbonyl (C=O) groups is 1. The van der Waals surface area contributed by atoms with Crippen molar-refractivity contribution in [3.05, 3.63) is 69.3 Å². The Labute approximate surface area is 154 Å². The standard InChI is InChI=1S/C19H17ClN2O4/c1-12-8-19(24)26-16-10-17(15(20)9-14(12)16)25-11-18(23)22-7-5-13-4-2-3-6-21-13/h2-4,6,8-10H,5,7,11H2,1H3,(H,22,23). The molecule has 0 aliphatic carbocycles. The summed E-state index contributed by atoms with van der Waals surface area (Å²) in [4.78, 5) is 27.6. The summed E-state index contributed by atoms with van der Waals surface area (Å²) in [7, 11) is 0. The molecule has 3 rings (SSSR count). The molecule has 6 nitrogen and oxygen atoms in total. The fourth-order valence-electron chi connectivity index (χ4n) is 2.50. The lowest BCUT2D eigenvalue weighted by atomic mass is 10.1. The van der Waals surface area contributed by atoms with E-state index in [2.05, 4.69) is 10.3 Å². The van der Waals surface area contributed by atoms with E-state index in [1.165, 1.54) is 12.1 Å². The van der Waals surface area contributed by atoms with Crippen LogP contribution < -0.4 is 15.7 Å². The van der Waals surface area contributed by atoms with Crippen LogP contribution in [0.15, 0.2) is 51.8 Å². The van der Waals surface area contributed by atoms with Crippen molar-refractivity contribution >= 4 is 28.5 Å². The maximum Gasteiger partial charge on any atom is 0.336 e. The predicted molar refractivity (Wildman–Crippen MR) is 98.7 cm³/mol. The Balaban J connectivity index is 1.59. The van der Waals surface area contributed by atoms with Crippen molar-refractivity contribution < 1.29 is 13.9 Å². The van der Waals surface area contributed by atoms with Crippen LogP contribution in [0.3, 0.4) is 0 Å². The average molecular weight is 373 g/mol. The number of benzene rings is 1. The van der Waals surface area contributed by atoms with Gasteiger partial charge in [-0.3, -0.25) is 9.78 Å². The third-order valence-corrected chi connectivity index (χ3v) is 4.09. The van der Waals surface area contributed by atoms with Crippen LogP contribution in [0.25, 0.3) is 11.0 Å². The first-order chi connectivity index (χ1) is 12.5. The molecule has 26 heavy (non-hydrogen) atoms. The van der Waals surface area contributed by atoms with Gasteiger partial charge in [0.25, 0.3) is 5.91 Å². The lowest BCUT2D eigenvalue weighted by Gasteiger charge is -2.10. The number of ether oxygens (including phenoxy) is 1. The molecule has 1 N–H and O–H groups in total. The summed E-state index contributed by atoms with van der Waals surface area (Å²) in [6.45, 7) is 2.06. The molecule has 0 radical (unpaired) electrons. The Morgan fingerprint density at radius 3 is 2.92 bits per heavy atom. The third kappa shape index (κ3) is 4.40. The minimum Gasteiger partial charge on any atom is -0.482 e. The van der Waals surface area contributed by atoms with Gasteiger partial charge in [0, 0.05) is 42.4 Å². The second kappa shape index (κ2) is 8.01. The number of hydrogen-bond donors (Lipinski definition) is 1. The van der Waals surface area contributed by atoms with Gasteiger partial charge in [-0.05, 0) is 30.7 Å². The SMILES string of the molecule is Cc1cc(=O)oc2cc(OCC(=O)NCCc3ccccn3)c(Cl)cc12. The van der Waals surface area contributed by atoms with Crippen molar-refractivity contribution in [3.8, 4) is 5.75 Å². The summed E-state index contributed by atoms with van der Waals surface area (Å²) in [5.74, 6) is 0.00980. The number of hydrogen-bond acceptors (Lipinski definition) is 5. The first-order valence-corrected chi connectivity index (χ1v) is 8.44. The smallest absolute Gasteiger partial charge is 0.336 e. The first kappa shape index (κ1) is 17.9. The maximum absolute atomic E-state index is 11.9. The molecule has 7 heteroatoms. The van der Waals surface area contributed by atoms with E-state index in [4.69, 9.17) is 20.8 Å². The number of aryl methyl sites for hydroxylation is 1. The van der Waals surface area contributed by atoms with Gasteiger partial charge in [-0.2, -0.15) is 0 Å². The van der Waals surface area contributed by atoms with E-state index >= 15 is 0 Å². The van der Waals surface area contributed by atoms with Gasteiger partial charge in [0.15, 0.2) is 6.61 Å². The van der Waals surface area contributed by atoms with E-state index in [0.717, 1.165) is 16.6 Å². The van der Waals surface area contributed by atoms with Gasteiger partial charge in [0.2, 0.25) is 0 Å². The fourth-order valence-corrected chi connectivity index (χ4v) is 2.72. The minimum absolute atomic E-state index is 0.191. The van der Waals surface area contributed by atoms with Gasteiger partial charge in [-0.1, -0.05) is 17.7 Å². The van der Waals surface area contributed by atoms with Crippen LogP contribution in [0.2, 0.25) is 5.02 Å². The molecule has 3 aromatic rings. The fraction of sp³-hybridized carbons (Fsp3) is 0.211. The molecule has 0 unspecified atom stereocenters. The molecule has 0 atom stereocenters. The van der Waals surface area contributed by atoms with E-state index in [9.17, 15) is 9.59 Å². The highest BCUT2D eigenvalue weighted by molar-refractivity contribution is 6.32. The molecule has 0 fully saturated rings. The molecular formula is C19H17ClN2O4. The number of nitrogens with one attached hydrogen (secondary N) is 1. The van der Waals surface area contributed by atoms with E-state index < -0.39 is 5.63 Å². The number of halogens is 1. The zero-order valence-electron chi connectivity index (χ0n) is 14.1. The highest BCUT2D eigenvalue weighted by Gasteiger charge is 2.11. The maximum atomic E-state index is 11.9. The van der Waals surface area contributed by atoms with Crippen molar-refractivity contribution in [2.45, 2.75) is 13.3 Å². The summed E-state index contributed by atoms with van der Waals surface area (Å²) in [5, 5.41) is 3.82. The normalized spacial score (nSPS) is 10.7. The molecule has 0 spiro atoms. The van der Waals surface area contributed by atoms with Gasteiger partial charge >= 0.3 is 5.63 Å². The number of fused-ring (bicyclic) bond motifs is 1. The van der Waals surface area contributed by atoms with Crippen molar-refractivity contribution in [1.82, 2.24) is 10.3 Å². The Morgan fingerprint density at radius 1 is 1.31 bits per heavy atom. The summed E-state index contributed by atoms with van der Waals surface area (Å²) < 4.78 is 10.6. The third-order valence-electron chi connectivity index (χ3n) is 3.79. The van der Waals surface area contributed by atoms with Crippen LogP contribution in [0.4, 0.5) is 0 Å². The minimum atomic E-state index is -0.449. The van der Waals surface area contributed by atoms with Gasteiger partial charge in [0.1, 0.15) is 11.3 Å². The Hall–Kier alpha value is -2.86. The van der Waals surface area contributed by atoms with E-state index in [-0.39, 0.29) is 18.3 Å². The Bertz CT molecular complexity index is 986. The predicted octanol–water partition coefficient (Wildman–Crippen LogP) is 2.89. The Kier molecular flexibility index (Phi) is 5.53. The lowest BCUT2D eigenvalue weighted by molar-refractivity contribution is -0.123. The average Bonchev–Trinajstić information content (AvgIpc) is 2.61. The van der Waals surface area contributed by atoms with Crippen molar-refractivity contribution in [2.75, 3.05) is 13.2 Å². The van der Waals surface area contributed by atoms with Crippen molar-refractivity contribution in [2.24, 2.45) is 0 Å². The van der Waals surface area contributed by atoms with E-state index in [1.807, 2.05) is 18.2 Å². The molecule has 2 heterocycles. The molecule has 0 aliphatic rings. The Morgan fingerprint density at radius 2 is 2.15 bits per heavy atom. The van der Waals surface area contributed by atoms with Crippen LogP contribution in [-0.2, 0) is 11.2 Å². The summed E-state index contributed by atoms with van der Waals surface area (Å²) >= 11 is 6.20. The molecular weight excluding hydrogens is 356 g/mol. The zero-order chi connectivity index (χ0) is 18.5. The van der Waals surface area contributed by atoms with Crippen molar-refractivity contribution in [3.63, 3.8) is 0 Å². The summed E-state index contributed by atoms with van der Waals surface area (Å²) in [5.41, 5.74) is 1.58. The van der Waals surface area contributed by atoms with Crippen LogP contribution in [0.1, 0.15) is 11.3 Å². The molecule has 1 aromatic carbocycles. The van der Waals surface area contributed by atoms with Crippen LogP contribution in [0.5, 0.6) is 5.75 Å². The topological polar surface area (TPSA) is 81.4 Å². The second-order valence-electron chi connectivity index (χ2n) is 5.74. The van der Waals surface area contributed by atoms with Gasteiger partial charge < -0.3 is 14.5 Å². The van der Waals surface area contributed by atoms with Crippen LogP contribution in [-0.4, -0.2) is 24.0 Å². The molecule has 0 saturated carbocycles. The van der Waals surface area contributed by atoms with Crippen LogP contribution in [0, 0.1) is 6.92 Å². The number of pyridine rings is 1. The number of amides is 1. The largest absolute Gasteiger partial charge is 0.482 e. The number of aromatic nitrogens is 1. The summed E-state index contributed by atoms with van der Waals surface area (Å²) in [6, 6.07) is 10.2. The number of carbonyl (C=O) groups excluding carboxylic acids is 1. The number of rotatable bonds is 6. The molecule has 2 aromatic heterocycles. The van der Waals surface area contributed by atoms with Gasteiger partial charge in [-0.15, -0.1) is 0 Å². The molecule has 134 valence electrons. The summed E-state index contributed by atoms with van der Waals surface area (Å²) in [6.07, 6.45) is 2.34. The van der Waals surface area contributed by atoms with E-state index in [1.54, 1.807) is 19.2 Å². The molecule has 0 saturated heterocycles. The number of nitrogens with zero attached hydrogens (tertiary/aromatic N) is 1. The molecule has 0 aliphatic heterocycles. The highest BCUT2D eigenvalue weighted by Crippen LogP contribution is 2.30.